The quantitative estimate of drug-likeness (QED) is 0.441. The lowest BCUT2D eigenvalue weighted by Gasteiger charge is -2.12. The van der Waals surface area contributed by atoms with Gasteiger partial charge in [0.05, 0.1) is 0 Å². The minimum Gasteiger partial charge on any atom is -0.435 e. The molecule has 130 valence electrons. The second kappa shape index (κ2) is 9.49. The number of aliphatic imine (C=N–C) groups is 1. The Kier molecular flexibility index (Phi) is 7.00. The second-order valence-corrected chi connectivity index (χ2v) is 5.00. The van der Waals surface area contributed by atoms with Gasteiger partial charge in [-0.3, -0.25) is 9.67 Å². The maximum atomic E-state index is 12.2. The van der Waals surface area contributed by atoms with Gasteiger partial charge in [0, 0.05) is 39.1 Å². The fourth-order valence-corrected chi connectivity index (χ4v) is 2.12. The summed E-state index contributed by atoms with van der Waals surface area (Å²) in [4.78, 5) is 4.13. The van der Waals surface area contributed by atoms with Gasteiger partial charge in [-0.2, -0.15) is 13.9 Å². The van der Waals surface area contributed by atoms with Crippen molar-refractivity contribution < 1.29 is 13.5 Å². The first kappa shape index (κ1) is 17.7. The molecule has 0 spiro atoms. The number of halogens is 2. The van der Waals surface area contributed by atoms with Gasteiger partial charge in [0.25, 0.3) is 0 Å². The van der Waals surface area contributed by atoms with Crippen LogP contribution in [0.25, 0.3) is 0 Å². The van der Waals surface area contributed by atoms with Gasteiger partial charge in [-0.25, -0.2) is 0 Å². The Hall–Kier alpha value is -2.64. The molecule has 0 radical (unpaired) electrons. The predicted octanol–water partition coefficient (Wildman–Crippen LogP) is 2.24. The maximum Gasteiger partial charge on any atom is 0.387 e. The summed E-state index contributed by atoms with van der Waals surface area (Å²) in [5.74, 6) is 0.794. The van der Waals surface area contributed by atoms with Crippen molar-refractivity contribution in [1.82, 2.24) is 20.4 Å². The summed E-state index contributed by atoms with van der Waals surface area (Å²) in [5.41, 5.74) is 0.827. The monoisotopic (exact) mass is 337 g/mol. The lowest BCUT2D eigenvalue weighted by molar-refractivity contribution is -0.0498. The van der Waals surface area contributed by atoms with E-state index in [4.69, 9.17) is 0 Å². The molecule has 0 atom stereocenters. The van der Waals surface area contributed by atoms with E-state index >= 15 is 0 Å². The van der Waals surface area contributed by atoms with E-state index in [1.165, 1.54) is 6.07 Å². The zero-order chi connectivity index (χ0) is 17.2. The van der Waals surface area contributed by atoms with Crippen molar-refractivity contribution in [3.63, 3.8) is 0 Å². The molecule has 1 heterocycles. The van der Waals surface area contributed by atoms with Crippen LogP contribution in [0.3, 0.4) is 0 Å². The van der Waals surface area contributed by atoms with Gasteiger partial charge < -0.3 is 15.4 Å². The average molecular weight is 337 g/mol. The van der Waals surface area contributed by atoms with E-state index in [2.05, 4.69) is 25.5 Å². The Morgan fingerprint density at radius 2 is 2.21 bits per heavy atom. The fourth-order valence-electron chi connectivity index (χ4n) is 2.12. The molecule has 1 aromatic heterocycles. The number of ether oxygens (including phenoxy) is 1. The van der Waals surface area contributed by atoms with Crippen molar-refractivity contribution in [2.24, 2.45) is 4.99 Å². The second-order valence-electron chi connectivity index (χ2n) is 5.00. The molecule has 0 saturated carbocycles. The molecule has 0 aliphatic heterocycles. The van der Waals surface area contributed by atoms with E-state index in [0.717, 1.165) is 25.1 Å². The van der Waals surface area contributed by atoms with Crippen LogP contribution in [0, 0.1) is 0 Å². The Balaban J connectivity index is 1.72. The third-order valence-electron chi connectivity index (χ3n) is 3.22. The van der Waals surface area contributed by atoms with Gasteiger partial charge in [-0.15, -0.1) is 0 Å². The van der Waals surface area contributed by atoms with Gasteiger partial charge in [0.15, 0.2) is 5.96 Å². The van der Waals surface area contributed by atoms with Crippen LogP contribution in [-0.2, 0) is 13.1 Å². The smallest absolute Gasteiger partial charge is 0.387 e. The summed E-state index contributed by atoms with van der Waals surface area (Å²) in [7, 11) is 1.68. The Morgan fingerprint density at radius 1 is 1.33 bits per heavy atom. The number of nitrogens with one attached hydrogen (secondary N) is 2. The van der Waals surface area contributed by atoms with E-state index < -0.39 is 6.61 Å². The number of alkyl halides is 2. The SMILES string of the molecule is CN=C(NCCCn1cccn1)NCc1cccc(OC(F)F)c1. The lowest BCUT2D eigenvalue weighted by atomic mass is 10.2. The van der Waals surface area contributed by atoms with Gasteiger partial charge in [-0.05, 0) is 30.2 Å². The molecule has 0 bridgehead atoms. The molecule has 24 heavy (non-hydrogen) atoms. The molecule has 0 saturated heterocycles. The predicted molar refractivity (Wildman–Crippen MR) is 88.1 cm³/mol. The van der Waals surface area contributed by atoms with Crippen LogP contribution in [0.4, 0.5) is 8.78 Å². The van der Waals surface area contributed by atoms with Crippen molar-refractivity contribution in [3.05, 3.63) is 48.3 Å². The highest BCUT2D eigenvalue weighted by atomic mass is 19.3. The van der Waals surface area contributed by atoms with Crippen LogP contribution in [0.1, 0.15) is 12.0 Å². The van der Waals surface area contributed by atoms with E-state index in [9.17, 15) is 8.78 Å². The number of hydrogen-bond acceptors (Lipinski definition) is 3. The molecule has 2 rings (SSSR count). The Morgan fingerprint density at radius 3 is 2.92 bits per heavy atom. The third kappa shape index (κ3) is 6.23. The summed E-state index contributed by atoms with van der Waals surface area (Å²) >= 11 is 0. The van der Waals surface area contributed by atoms with Crippen LogP contribution >= 0.6 is 0 Å². The lowest BCUT2D eigenvalue weighted by Crippen LogP contribution is -2.37. The van der Waals surface area contributed by atoms with Crippen molar-refractivity contribution in [3.8, 4) is 5.75 Å². The van der Waals surface area contributed by atoms with E-state index in [0.29, 0.717) is 12.5 Å². The molecule has 0 aliphatic carbocycles. The van der Waals surface area contributed by atoms with E-state index in [1.807, 2.05) is 23.0 Å². The van der Waals surface area contributed by atoms with Crippen LogP contribution < -0.4 is 15.4 Å². The zero-order valence-corrected chi connectivity index (χ0v) is 13.5. The standard InChI is InChI=1S/C16H21F2N5O/c1-19-16(20-7-3-9-23-10-4-8-22-23)21-12-13-5-2-6-14(11-13)24-15(17)18/h2,4-6,8,10-11,15H,3,7,9,12H2,1H3,(H2,19,20,21). The molecule has 0 amide bonds. The van der Waals surface area contributed by atoms with E-state index in [-0.39, 0.29) is 5.75 Å². The molecule has 6 nitrogen and oxygen atoms in total. The Bertz CT molecular complexity index is 631. The first-order valence-electron chi connectivity index (χ1n) is 7.63. The highest BCUT2D eigenvalue weighted by molar-refractivity contribution is 5.79. The molecule has 0 unspecified atom stereocenters. The summed E-state index contributed by atoms with van der Waals surface area (Å²) in [5, 5.41) is 10.5. The molecule has 0 fully saturated rings. The van der Waals surface area contributed by atoms with Gasteiger partial charge in [-0.1, -0.05) is 12.1 Å². The molecular weight excluding hydrogens is 316 g/mol. The number of guanidine groups is 1. The van der Waals surface area contributed by atoms with Crippen LogP contribution in [0.15, 0.2) is 47.7 Å². The zero-order valence-electron chi connectivity index (χ0n) is 13.5. The van der Waals surface area contributed by atoms with Crippen LogP contribution in [0.2, 0.25) is 0 Å². The molecular formula is C16H21F2N5O. The molecule has 2 aromatic rings. The summed E-state index contributed by atoms with van der Waals surface area (Å²) in [6.07, 6.45) is 4.57. The molecule has 8 heteroatoms. The minimum atomic E-state index is -2.82. The minimum absolute atomic E-state index is 0.145. The Labute approximate surface area is 139 Å². The van der Waals surface area contributed by atoms with Gasteiger partial charge in [0.2, 0.25) is 0 Å². The number of benzene rings is 1. The van der Waals surface area contributed by atoms with Crippen molar-refractivity contribution in [1.29, 1.82) is 0 Å². The largest absolute Gasteiger partial charge is 0.435 e. The number of nitrogens with zero attached hydrogens (tertiary/aromatic N) is 3. The number of hydrogen-bond donors (Lipinski definition) is 2. The number of aryl methyl sites for hydroxylation is 1. The normalized spacial score (nSPS) is 11.6. The van der Waals surface area contributed by atoms with Crippen molar-refractivity contribution >= 4 is 5.96 Å². The molecule has 2 N–H and O–H groups in total. The van der Waals surface area contributed by atoms with Gasteiger partial charge in [0.1, 0.15) is 5.75 Å². The average Bonchev–Trinajstić information content (AvgIpc) is 3.07. The highest BCUT2D eigenvalue weighted by Gasteiger charge is 2.05. The first-order valence-corrected chi connectivity index (χ1v) is 7.63. The van der Waals surface area contributed by atoms with E-state index in [1.54, 1.807) is 25.4 Å². The highest BCUT2D eigenvalue weighted by Crippen LogP contribution is 2.15. The fraction of sp³-hybridized carbons (Fsp3) is 0.375. The summed E-state index contributed by atoms with van der Waals surface area (Å²) in [6.45, 7) is -0.797. The van der Waals surface area contributed by atoms with Gasteiger partial charge >= 0.3 is 6.61 Å². The number of aromatic nitrogens is 2. The summed E-state index contributed by atoms with van der Waals surface area (Å²) < 4.78 is 30.7. The van der Waals surface area contributed by atoms with Crippen molar-refractivity contribution in [2.45, 2.75) is 26.1 Å². The van der Waals surface area contributed by atoms with Crippen LogP contribution in [0.5, 0.6) is 5.75 Å². The maximum absolute atomic E-state index is 12.2. The molecule has 1 aromatic carbocycles. The summed E-state index contributed by atoms with van der Waals surface area (Å²) in [6, 6.07) is 8.47. The molecule has 0 aliphatic rings. The van der Waals surface area contributed by atoms with Crippen molar-refractivity contribution in [2.75, 3.05) is 13.6 Å². The first-order chi connectivity index (χ1) is 11.7. The topological polar surface area (TPSA) is 63.5 Å². The number of rotatable bonds is 8. The third-order valence-corrected chi connectivity index (χ3v) is 3.22. The van der Waals surface area contributed by atoms with Crippen LogP contribution in [-0.4, -0.2) is 35.9 Å².